The van der Waals surface area contributed by atoms with Gasteiger partial charge in [0, 0.05) is 37.9 Å². The van der Waals surface area contributed by atoms with Crippen molar-refractivity contribution in [1.29, 1.82) is 0 Å². The van der Waals surface area contributed by atoms with Gasteiger partial charge in [-0.15, -0.1) is 0 Å². The van der Waals surface area contributed by atoms with Crippen LogP contribution in [0.4, 0.5) is 0 Å². The maximum Gasteiger partial charge on any atom is 0.272 e. The molecule has 1 fully saturated rings. The van der Waals surface area contributed by atoms with Crippen LogP contribution in [0.5, 0.6) is 0 Å². The van der Waals surface area contributed by atoms with Crippen LogP contribution in [0.3, 0.4) is 0 Å². The van der Waals surface area contributed by atoms with Gasteiger partial charge < -0.3 is 9.80 Å². The van der Waals surface area contributed by atoms with Crippen molar-refractivity contribution < 1.29 is 9.59 Å². The van der Waals surface area contributed by atoms with Crippen LogP contribution in [0, 0.1) is 0 Å². The third-order valence-corrected chi connectivity index (χ3v) is 4.86. The van der Waals surface area contributed by atoms with Gasteiger partial charge in [0.2, 0.25) is 0 Å². The fourth-order valence-corrected chi connectivity index (χ4v) is 3.08. The minimum Gasteiger partial charge on any atom is -0.337 e. The first kappa shape index (κ1) is 17.7. The Morgan fingerprint density at radius 2 is 1.60 bits per heavy atom. The van der Waals surface area contributed by atoms with Gasteiger partial charge in [-0.3, -0.25) is 14.6 Å². The number of carbonyl (C=O) groups excluding carboxylic acids is 2. The second-order valence-corrected chi connectivity index (χ2v) is 6.60. The van der Waals surface area contributed by atoms with Crippen molar-refractivity contribution in [2.75, 3.05) is 26.2 Å². The minimum absolute atomic E-state index is 0.106. The molecule has 0 aliphatic carbocycles. The van der Waals surface area contributed by atoms with Crippen molar-refractivity contribution in [2.45, 2.75) is 6.42 Å². The standard InChI is InChI=1S/C18H17Cl2N3O2/c19-14-6-5-13(12-15(14)20)17(24)22-8-3-9-23(11-10-22)18(25)16-4-1-2-7-21-16/h1-2,4-7,12H,3,8-11H2. The second-order valence-electron chi connectivity index (χ2n) is 5.78. The molecule has 0 bridgehead atoms. The molecule has 7 heteroatoms. The third-order valence-electron chi connectivity index (χ3n) is 4.12. The van der Waals surface area contributed by atoms with E-state index < -0.39 is 0 Å². The van der Waals surface area contributed by atoms with Gasteiger partial charge in [-0.25, -0.2) is 0 Å². The van der Waals surface area contributed by atoms with E-state index in [1.54, 1.807) is 52.4 Å². The maximum atomic E-state index is 12.7. The molecular formula is C18H17Cl2N3O2. The lowest BCUT2D eigenvalue weighted by Gasteiger charge is -2.22. The molecule has 1 aromatic carbocycles. The lowest BCUT2D eigenvalue weighted by molar-refractivity contribution is 0.0715. The lowest BCUT2D eigenvalue weighted by atomic mass is 10.2. The van der Waals surface area contributed by atoms with Crippen LogP contribution in [0.1, 0.15) is 27.3 Å². The minimum atomic E-state index is -0.107. The summed E-state index contributed by atoms with van der Waals surface area (Å²) in [4.78, 5) is 32.8. The topological polar surface area (TPSA) is 53.5 Å². The highest BCUT2D eigenvalue weighted by Crippen LogP contribution is 2.23. The average molecular weight is 378 g/mol. The predicted molar refractivity (Wildman–Crippen MR) is 97.1 cm³/mol. The number of rotatable bonds is 2. The highest BCUT2D eigenvalue weighted by molar-refractivity contribution is 6.42. The van der Waals surface area contributed by atoms with Gasteiger partial charge in [0.05, 0.1) is 10.0 Å². The fourth-order valence-electron chi connectivity index (χ4n) is 2.79. The molecule has 0 radical (unpaired) electrons. The highest BCUT2D eigenvalue weighted by Gasteiger charge is 2.24. The van der Waals surface area contributed by atoms with E-state index in [4.69, 9.17) is 23.2 Å². The Morgan fingerprint density at radius 3 is 2.24 bits per heavy atom. The molecule has 0 atom stereocenters. The Morgan fingerprint density at radius 1 is 0.880 bits per heavy atom. The van der Waals surface area contributed by atoms with E-state index >= 15 is 0 Å². The van der Waals surface area contributed by atoms with E-state index in [1.165, 1.54) is 0 Å². The smallest absolute Gasteiger partial charge is 0.272 e. The summed E-state index contributed by atoms with van der Waals surface area (Å²) in [5.41, 5.74) is 0.922. The van der Waals surface area contributed by atoms with E-state index in [1.807, 2.05) is 0 Å². The number of halogens is 2. The van der Waals surface area contributed by atoms with Crippen LogP contribution < -0.4 is 0 Å². The molecular weight excluding hydrogens is 361 g/mol. The summed E-state index contributed by atoms with van der Waals surface area (Å²) < 4.78 is 0. The zero-order valence-corrected chi connectivity index (χ0v) is 15.0. The first-order valence-corrected chi connectivity index (χ1v) is 8.76. The van der Waals surface area contributed by atoms with Crippen LogP contribution in [0.25, 0.3) is 0 Å². The zero-order valence-electron chi connectivity index (χ0n) is 13.5. The Kier molecular flexibility index (Phi) is 5.56. The molecule has 2 aromatic rings. The first-order chi connectivity index (χ1) is 12.1. The van der Waals surface area contributed by atoms with E-state index in [0.29, 0.717) is 53.9 Å². The van der Waals surface area contributed by atoms with E-state index in [-0.39, 0.29) is 11.8 Å². The van der Waals surface area contributed by atoms with Gasteiger partial charge >= 0.3 is 0 Å². The SMILES string of the molecule is O=C(c1ccc(Cl)c(Cl)c1)N1CCCN(C(=O)c2ccccn2)CC1. The number of carbonyl (C=O) groups is 2. The molecule has 5 nitrogen and oxygen atoms in total. The first-order valence-electron chi connectivity index (χ1n) is 8.01. The summed E-state index contributed by atoms with van der Waals surface area (Å²) in [5, 5.41) is 0.774. The van der Waals surface area contributed by atoms with Crippen molar-refractivity contribution in [3.8, 4) is 0 Å². The van der Waals surface area contributed by atoms with Gasteiger partial charge in [0.15, 0.2) is 0 Å². The van der Waals surface area contributed by atoms with Gasteiger partial charge in [-0.2, -0.15) is 0 Å². The molecule has 1 aliphatic heterocycles. The molecule has 3 rings (SSSR count). The molecule has 1 saturated heterocycles. The Labute approximate surface area is 156 Å². The number of amides is 2. The molecule has 25 heavy (non-hydrogen) atoms. The lowest BCUT2D eigenvalue weighted by Crippen LogP contribution is -2.37. The maximum absolute atomic E-state index is 12.7. The quantitative estimate of drug-likeness (QED) is 0.805. The highest BCUT2D eigenvalue weighted by atomic mass is 35.5. The van der Waals surface area contributed by atoms with Crippen LogP contribution in [-0.2, 0) is 0 Å². The van der Waals surface area contributed by atoms with Crippen molar-refractivity contribution in [1.82, 2.24) is 14.8 Å². The molecule has 0 spiro atoms. The van der Waals surface area contributed by atoms with Crippen molar-refractivity contribution in [3.05, 3.63) is 63.9 Å². The van der Waals surface area contributed by atoms with Crippen LogP contribution in [-0.4, -0.2) is 52.8 Å². The normalized spacial score (nSPS) is 15.0. The van der Waals surface area contributed by atoms with Gasteiger partial charge in [-0.05, 0) is 36.8 Å². The van der Waals surface area contributed by atoms with Crippen LogP contribution >= 0.6 is 23.2 Å². The molecule has 2 amide bonds. The van der Waals surface area contributed by atoms with Gasteiger partial charge in [0.1, 0.15) is 5.69 Å². The molecule has 1 aliphatic rings. The number of hydrogen-bond donors (Lipinski definition) is 0. The van der Waals surface area contributed by atoms with Crippen molar-refractivity contribution >= 4 is 35.0 Å². The number of pyridine rings is 1. The second kappa shape index (κ2) is 7.85. The van der Waals surface area contributed by atoms with Crippen molar-refractivity contribution in [2.24, 2.45) is 0 Å². The third kappa shape index (κ3) is 4.11. The van der Waals surface area contributed by atoms with Crippen LogP contribution in [0.2, 0.25) is 10.0 Å². The average Bonchev–Trinajstić information content (AvgIpc) is 2.89. The largest absolute Gasteiger partial charge is 0.337 e. The molecule has 1 aromatic heterocycles. The molecule has 0 unspecified atom stereocenters. The molecule has 0 saturated carbocycles. The number of hydrogen-bond acceptors (Lipinski definition) is 3. The number of nitrogens with zero attached hydrogens (tertiary/aromatic N) is 3. The van der Waals surface area contributed by atoms with Gasteiger partial charge in [-0.1, -0.05) is 29.3 Å². The van der Waals surface area contributed by atoms with Gasteiger partial charge in [0.25, 0.3) is 11.8 Å². The zero-order chi connectivity index (χ0) is 17.8. The van der Waals surface area contributed by atoms with Crippen molar-refractivity contribution in [3.63, 3.8) is 0 Å². The summed E-state index contributed by atoms with van der Waals surface area (Å²) in [6.45, 7) is 2.13. The molecule has 130 valence electrons. The number of aromatic nitrogens is 1. The summed E-state index contributed by atoms with van der Waals surface area (Å²) in [6, 6.07) is 10.1. The summed E-state index contributed by atoms with van der Waals surface area (Å²) in [7, 11) is 0. The van der Waals surface area contributed by atoms with Crippen LogP contribution in [0.15, 0.2) is 42.6 Å². The molecule has 0 N–H and O–H groups in total. The predicted octanol–water partition coefficient (Wildman–Crippen LogP) is 3.38. The Hall–Kier alpha value is -2.11. The van der Waals surface area contributed by atoms with E-state index in [0.717, 1.165) is 0 Å². The van der Waals surface area contributed by atoms with E-state index in [9.17, 15) is 9.59 Å². The number of benzene rings is 1. The summed E-state index contributed by atoms with van der Waals surface area (Å²) in [6.07, 6.45) is 2.32. The fraction of sp³-hybridized carbons (Fsp3) is 0.278. The Balaban J connectivity index is 1.68. The Bertz CT molecular complexity index is 783. The summed E-state index contributed by atoms with van der Waals surface area (Å²) in [5.74, 6) is -0.213. The summed E-state index contributed by atoms with van der Waals surface area (Å²) >= 11 is 11.9. The monoisotopic (exact) mass is 377 g/mol. The van der Waals surface area contributed by atoms with E-state index in [2.05, 4.69) is 4.98 Å². The molecule has 2 heterocycles.